The molecule has 0 atom stereocenters. The van der Waals surface area contributed by atoms with E-state index < -0.39 is 0 Å². The van der Waals surface area contributed by atoms with Gasteiger partial charge in [0.1, 0.15) is 16.4 Å². The fourth-order valence-corrected chi connectivity index (χ4v) is 2.94. The Bertz CT molecular complexity index is 1300. The molecule has 0 saturated carbocycles. The average molecular weight is 405 g/mol. The molecule has 1 amide bonds. The van der Waals surface area contributed by atoms with E-state index in [1.54, 1.807) is 69.8 Å². The van der Waals surface area contributed by atoms with Crippen molar-refractivity contribution in [3.05, 3.63) is 91.1 Å². The van der Waals surface area contributed by atoms with Crippen molar-refractivity contribution in [2.24, 2.45) is 7.05 Å². The summed E-state index contributed by atoms with van der Waals surface area (Å²) in [5.41, 5.74) is 1.56. The van der Waals surface area contributed by atoms with Crippen molar-refractivity contribution in [3.63, 3.8) is 0 Å². The van der Waals surface area contributed by atoms with Crippen LogP contribution in [0.1, 0.15) is 18.1 Å². The molecule has 154 valence electrons. The van der Waals surface area contributed by atoms with E-state index in [9.17, 15) is 14.4 Å². The molecule has 0 radical (unpaired) electrons. The van der Waals surface area contributed by atoms with Crippen LogP contribution in [0.15, 0.2) is 58.1 Å². The van der Waals surface area contributed by atoms with Crippen LogP contribution in [0.4, 0.5) is 5.69 Å². The van der Waals surface area contributed by atoms with Gasteiger partial charge in [-0.15, -0.1) is 0 Å². The third kappa shape index (κ3) is 4.41. The normalized spacial score (nSPS) is 12.1. The molecule has 0 spiro atoms. The van der Waals surface area contributed by atoms with Gasteiger partial charge >= 0.3 is 0 Å². The van der Waals surface area contributed by atoms with Crippen LogP contribution in [-0.2, 0) is 11.8 Å². The standard InChI is InChI=1S/C23H23N3O4/c1-15(27)25(2)18-9-5-16(6-10-18)13-20-23(29)26(3)21(22(28)24-20)14-17-7-11-19(30-4)12-8-17/h5-14H,1-4H3,(H,24,28)/b20-13-,21-14-. The smallest absolute Gasteiger partial charge is 0.274 e. The first-order valence-electron chi connectivity index (χ1n) is 9.31. The summed E-state index contributed by atoms with van der Waals surface area (Å²) in [7, 11) is 4.83. The van der Waals surface area contributed by atoms with Crippen LogP contribution in [0.3, 0.4) is 0 Å². The first-order valence-corrected chi connectivity index (χ1v) is 9.31. The van der Waals surface area contributed by atoms with Crippen molar-refractivity contribution in [2.75, 3.05) is 19.1 Å². The third-order valence-electron chi connectivity index (χ3n) is 4.86. The van der Waals surface area contributed by atoms with Gasteiger partial charge in [-0.1, -0.05) is 24.3 Å². The minimum atomic E-state index is -0.368. The minimum Gasteiger partial charge on any atom is -0.497 e. The number of anilines is 1. The molecule has 1 aromatic heterocycles. The summed E-state index contributed by atoms with van der Waals surface area (Å²) < 4.78 is 6.46. The van der Waals surface area contributed by atoms with Crippen LogP contribution >= 0.6 is 0 Å². The highest BCUT2D eigenvalue weighted by molar-refractivity contribution is 5.90. The Morgan fingerprint density at radius 1 is 1.00 bits per heavy atom. The number of hydrogen-bond donors (Lipinski definition) is 1. The van der Waals surface area contributed by atoms with Crippen LogP contribution in [0.2, 0.25) is 0 Å². The topological polar surface area (TPSA) is 84.4 Å². The average Bonchev–Trinajstić information content (AvgIpc) is 2.75. The van der Waals surface area contributed by atoms with Crippen molar-refractivity contribution in [1.82, 2.24) is 9.55 Å². The number of nitrogens with one attached hydrogen (secondary N) is 1. The quantitative estimate of drug-likeness (QED) is 0.693. The summed E-state index contributed by atoms with van der Waals surface area (Å²) in [5, 5.41) is 0.433. The van der Waals surface area contributed by atoms with Crippen LogP contribution in [0.25, 0.3) is 12.2 Å². The number of aromatic nitrogens is 2. The van der Waals surface area contributed by atoms with Crippen molar-refractivity contribution in [3.8, 4) is 5.75 Å². The fraction of sp³-hybridized carbons (Fsp3) is 0.174. The van der Waals surface area contributed by atoms with Crippen LogP contribution in [0, 0.1) is 0 Å². The van der Waals surface area contributed by atoms with Gasteiger partial charge in [0.15, 0.2) is 0 Å². The highest BCUT2D eigenvalue weighted by atomic mass is 16.5. The molecular weight excluding hydrogens is 382 g/mol. The number of ether oxygens (including phenoxy) is 1. The van der Waals surface area contributed by atoms with Gasteiger partial charge < -0.3 is 19.2 Å². The third-order valence-corrected chi connectivity index (χ3v) is 4.86. The van der Waals surface area contributed by atoms with E-state index in [1.807, 2.05) is 12.1 Å². The van der Waals surface area contributed by atoms with Gasteiger partial charge in [0.05, 0.1) is 7.11 Å². The first kappa shape index (κ1) is 20.9. The molecule has 3 rings (SSSR count). The predicted molar refractivity (Wildman–Crippen MR) is 117 cm³/mol. The first-order chi connectivity index (χ1) is 14.3. The van der Waals surface area contributed by atoms with E-state index in [4.69, 9.17) is 4.74 Å². The van der Waals surface area contributed by atoms with Crippen molar-refractivity contribution < 1.29 is 9.53 Å². The molecule has 0 fully saturated rings. The lowest BCUT2D eigenvalue weighted by Crippen LogP contribution is -2.52. The Hall–Kier alpha value is -3.87. The second-order valence-electron chi connectivity index (χ2n) is 6.85. The minimum absolute atomic E-state index is 0.0753. The summed E-state index contributed by atoms with van der Waals surface area (Å²) in [4.78, 5) is 41.0. The molecule has 0 bridgehead atoms. The van der Waals surface area contributed by atoms with Gasteiger partial charge in [0.2, 0.25) is 5.91 Å². The number of carbonyl (C=O) groups excluding carboxylic acids is 1. The van der Waals surface area contributed by atoms with Crippen molar-refractivity contribution >= 4 is 23.7 Å². The van der Waals surface area contributed by atoms with Gasteiger partial charge in [-0.3, -0.25) is 14.4 Å². The molecule has 1 heterocycles. The van der Waals surface area contributed by atoms with E-state index in [0.717, 1.165) is 16.8 Å². The van der Waals surface area contributed by atoms with Gasteiger partial charge in [-0.05, 0) is 47.5 Å². The van der Waals surface area contributed by atoms with E-state index in [0.29, 0.717) is 5.75 Å². The number of amides is 1. The SMILES string of the molecule is COc1ccc(/C=c2/c(=O)[nH]/c(=C\c3ccc(N(C)C(C)=O)cc3)c(=O)n2C)cc1. The molecule has 7 nitrogen and oxygen atoms in total. The van der Waals surface area contributed by atoms with Gasteiger partial charge in [-0.2, -0.15) is 0 Å². The summed E-state index contributed by atoms with van der Waals surface area (Å²) in [5.74, 6) is 0.633. The highest BCUT2D eigenvalue weighted by Crippen LogP contribution is 2.14. The van der Waals surface area contributed by atoms with E-state index in [1.165, 1.54) is 16.4 Å². The summed E-state index contributed by atoms with van der Waals surface area (Å²) in [6, 6.07) is 14.3. The number of rotatable bonds is 4. The summed E-state index contributed by atoms with van der Waals surface area (Å²) in [6.07, 6.45) is 3.26. The molecular formula is C23H23N3O4. The number of aromatic amines is 1. The Morgan fingerprint density at radius 3 is 2.13 bits per heavy atom. The van der Waals surface area contributed by atoms with Crippen LogP contribution in [-0.4, -0.2) is 29.6 Å². The Kier molecular flexibility index (Phi) is 6.01. The van der Waals surface area contributed by atoms with Gasteiger partial charge in [0, 0.05) is 26.7 Å². The molecule has 0 unspecified atom stereocenters. The largest absolute Gasteiger partial charge is 0.497 e. The monoisotopic (exact) mass is 405 g/mol. The number of benzene rings is 2. The lowest BCUT2D eigenvalue weighted by atomic mass is 10.2. The summed E-state index contributed by atoms with van der Waals surface area (Å²) in [6.45, 7) is 1.49. The number of methoxy groups -OCH3 is 1. The Labute approximate surface area is 173 Å². The predicted octanol–water partition coefficient (Wildman–Crippen LogP) is 0.722. The number of hydrogen-bond acceptors (Lipinski definition) is 4. The molecule has 0 aliphatic rings. The molecule has 0 aliphatic heterocycles. The second-order valence-corrected chi connectivity index (χ2v) is 6.85. The maximum atomic E-state index is 12.8. The van der Waals surface area contributed by atoms with Crippen molar-refractivity contribution in [2.45, 2.75) is 6.92 Å². The molecule has 1 N–H and O–H groups in total. The van der Waals surface area contributed by atoms with Crippen LogP contribution in [0.5, 0.6) is 5.75 Å². The fourth-order valence-electron chi connectivity index (χ4n) is 2.94. The zero-order valence-electron chi connectivity index (χ0n) is 17.3. The Balaban J connectivity index is 2.04. The second kappa shape index (κ2) is 8.65. The maximum absolute atomic E-state index is 12.8. The number of H-pyrrole nitrogens is 1. The number of carbonyl (C=O) groups is 1. The van der Waals surface area contributed by atoms with Gasteiger partial charge in [-0.25, -0.2) is 0 Å². The lowest BCUT2D eigenvalue weighted by Gasteiger charge is -2.14. The molecule has 30 heavy (non-hydrogen) atoms. The number of nitrogens with zero attached hydrogens (tertiary/aromatic N) is 2. The van der Waals surface area contributed by atoms with Gasteiger partial charge in [0.25, 0.3) is 11.1 Å². The van der Waals surface area contributed by atoms with Crippen molar-refractivity contribution in [1.29, 1.82) is 0 Å². The van der Waals surface area contributed by atoms with Crippen LogP contribution < -0.4 is 31.5 Å². The van der Waals surface area contributed by atoms with E-state index in [-0.39, 0.29) is 27.7 Å². The summed E-state index contributed by atoms with van der Waals surface area (Å²) >= 11 is 0. The molecule has 0 saturated heterocycles. The zero-order valence-corrected chi connectivity index (χ0v) is 17.3. The zero-order chi connectivity index (χ0) is 21.8. The lowest BCUT2D eigenvalue weighted by molar-refractivity contribution is -0.116. The molecule has 0 aliphatic carbocycles. The highest BCUT2D eigenvalue weighted by Gasteiger charge is 2.05. The maximum Gasteiger partial charge on any atom is 0.274 e. The van der Waals surface area contributed by atoms with E-state index in [2.05, 4.69) is 4.98 Å². The van der Waals surface area contributed by atoms with E-state index >= 15 is 0 Å². The molecule has 2 aromatic carbocycles. The Morgan fingerprint density at radius 2 is 1.57 bits per heavy atom. The molecule has 3 aromatic rings. The molecule has 7 heteroatoms.